The van der Waals surface area contributed by atoms with Crippen molar-refractivity contribution in [1.29, 1.82) is 0 Å². The number of amides is 1. The molecule has 1 aromatic carbocycles. The number of nitrogens with zero attached hydrogens (tertiary/aromatic N) is 1. The molecule has 1 heterocycles. The van der Waals surface area contributed by atoms with Crippen LogP contribution >= 0.6 is 0 Å². The van der Waals surface area contributed by atoms with E-state index in [1.165, 1.54) is 12.1 Å². The topological polar surface area (TPSA) is 42.0 Å². The van der Waals surface area contributed by atoms with Crippen molar-refractivity contribution in [3.8, 4) is 0 Å². The Morgan fingerprint density at radius 3 is 3.00 bits per heavy atom. The molecule has 0 aliphatic carbocycles. The predicted molar refractivity (Wildman–Crippen MR) is 69.0 cm³/mol. The summed E-state index contributed by atoms with van der Waals surface area (Å²) in [5, 5.41) is 3.29. The van der Waals surface area contributed by atoms with Crippen molar-refractivity contribution >= 4 is 16.8 Å². The highest BCUT2D eigenvalue weighted by molar-refractivity contribution is 5.98. The van der Waals surface area contributed by atoms with Crippen molar-refractivity contribution in [3.05, 3.63) is 54.0 Å². The maximum Gasteiger partial charge on any atom is 0.253 e. The minimum Gasteiger partial charge on any atom is -0.349 e. The summed E-state index contributed by atoms with van der Waals surface area (Å²) in [4.78, 5) is 16.2. The lowest BCUT2D eigenvalue weighted by Gasteiger charge is -2.07. The third-order valence-electron chi connectivity index (χ3n) is 2.62. The zero-order valence-corrected chi connectivity index (χ0v) is 10.0. The molecular weight excluding hydrogens is 231 g/mol. The van der Waals surface area contributed by atoms with Crippen LogP contribution in [-0.2, 0) is 0 Å². The molecule has 0 fully saturated rings. The number of nitrogens with one attached hydrogen (secondary N) is 1. The second-order valence-corrected chi connectivity index (χ2v) is 3.96. The van der Waals surface area contributed by atoms with Crippen LogP contribution in [0.4, 0.5) is 4.39 Å². The Kier molecular flexibility index (Phi) is 3.37. The molecule has 3 nitrogen and oxygen atoms in total. The molecule has 0 bridgehead atoms. The standard InChI is InChI=1S/C14H13FN2O/c1-3-6-16-14(18)12-8-10-7-11(15)4-5-13(10)17-9(12)2/h3-5,7-8H,1,6H2,2H3,(H,16,18). The van der Waals surface area contributed by atoms with Gasteiger partial charge in [-0.25, -0.2) is 4.39 Å². The molecular formula is C14H13FN2O. The minimum absolute atomic E-state index is 0.230. The second kappa shape index (κ2) is 4.96. The van der Waals surface area contributed by atoms with E-state index >= 15 is 0 Å². The second-order valence-electron chi connectivity index (χ2n) is 3.96. The Hall–Kier alpha value is -2.23. The van der Waals surface area contributed by atoms with Crippen LogP contribution in [0, 0.1) is 12.7 Å². The van der Waals surface area contributed by atoms with Gasteiger partial charge in [-0.3, -0.25) is 9.78 Å². The summed E-state index contributed by atoms with van der Waals surface area (Å²) in [6, 6.07) is 5.97. The Labute approximate surface area is 104 Å². The molecule has 0 radical (unpaired) electrons. The van der Waals surface area contributed by atoms with Gasteiger partial charge >= 0.3 is 0 Å². The summed E-state index contributed by atoms with van der Waals surface area (Å²) in [5.41, 5.74) is 1.75. The summed E-state index contributed by atoms with van der Waals surface area (Å²) in [6.07, 6.45) is 1.60. The average molecular weight is 244 g/mol. The van der Waals surface area contributed by atoms with Gasteiger partial charge < -0.3 is 5.32 Å². The molecule has 0 aliphatic heterocycles. The van der Waals surface area contributed by atoms with E-state index in [0.29, 0.717) is 28.7 Å². The maximum atomic E-state index is 13.1. The fraction of sp³-hybridized carbons (Fsp3) is 0.143. The summed E-state index contributed by atoms with van der Waals surface area (Å²) in [6.45, 7) is 5.67. The van der Waals surface area contributed by atoms with Gasteiger partial charge in [0.05, 0.1) is 16.8 Å². The molecule has 0 spiro atoms. The number of hydrogen-bond acceptors (Lipinski definition) is 2. The van der Waals surface area contributed by atoms with E-state index in [9.17, 15) is 9.18 Å². The third kappa shape index (κ3) is 2.37. The van der Waals surface area contributed by atoms with Gasteiger partial charge in [0.25, 0.3) is 5.91 Å². The average Bonchev–Trinajstić information content (AvgIpc) is 2.35. The molecule has 1 N–H and O–H groups in total. The molecule has 0 saturated heterocycles. The van der Waals surface area contributed by atoms with Crippen LogP contribution in [-0.4, -0.2) is 17.4 Å². The van der Waals surface area contributed by atoms with Crippen molar-refractivity contribution < 1.29 is 9.18 Å². The summed E-state index contributed by atoms with van der Waals surface area (Å²) in [5.74, 6) is -0.573. The SMILES string of the molecule is C=CCNC(=O)c1cc2cc(F)ccc2nc1C. The molecule has 2 rings (SSSR count). The monoisotopic (exact) mass is 244 g/mol. The van der Waals surface area contributed by atoms with Crippen LogP contribution in [0.5, 0.6) is 0 Å². The minimum atomic E-state index is -0.342. The fourth-order valence-electron chi connectivity index (χ4n) is 1.73. The number of fused-ring (bicyclic) bond motifs is 1. The molecule has 0 unspecified atom stereocenters. The molecule has 0 saturated carbocycles. The predicted octanol–water partition coefficient (Wildman–Crippen LogP) is 2.60. The molecule has 0 aliphatic rings. The molecule has 0 atom stereocenters. The van der Waals surface area contributed by atoms with Crippen LogP contribution in [0.1, 0.15) is 16.1 Å². The van der Waals surface area contributed by atoms with E-state index in [-0.39, 0.29) is 11.7 Å². The Bertz CT molecular complexity index is 622. The highest BCUT2D eigenvalue weighted by atomic mass is 19.1. The van der Waals surface area contributed by atoms with Gasteiger partial charge in [0, 0.05) is 11.9 Å². The van der Waals surface area contributed by atoms with E-state index in [1.807, 2.05) is 0 Å². The van der Waals surface area contributed by atoms with Crippen molar-refractivity contribution in [2.75, 3.05) is 6.54 Å². The van der Waals surface area contributed by atoms with E-state index in [2.05, 4.69) is 16.9 Å². The van der Waals surface area contributed by atoms with Crippen LogP contribution in [0.15, 0.2) is 36.9 Å². The quantitative estimate of drug-likeness (QED) is 0.843. The number of aryl methyl sites for hydroxylation is 1. The van der Waals surface area contributed by atoms with E-state index < -0.39 is 0 Å². The number of benzene rings is 1. The largest absolute Gasteiger partial charge is 0.349 e. The fourth-order valence-corrected chi connectivity index (χ4v) is 1.73. The lowest BCUT2D eigenvalue weighted by atomic mass is 10.1. The van der Waals surface area contributed by atoms with Crippen LogP contribution in [0.25, 0.3) is 10.9 Å². The van der Waals surface area contributed by atoms with E-state index in [0.717, 1.165) is 0 Å². The van der Waals surface area contributed by atoms with Crippen LogP contribution in [0.3, 0.4) is 0 Å². The van der Waals surface area contributed by atoms with Gasteiger partial charge in [-0.2, -0.15) is 0 Å². The number of pyridine rings is 1. The Morgan fingerprint density at radius 1 is 1.50 bits per heavy atom. The van der Waals surface area contributed by atoms with Crippen LogP contribution < -0.4 is 5.32 Å². The van der Waals surface area contributed by atoms with Gasteiger partial charge in [-0.05, 0) is 31.2 Å². The number of aromatic nitrogens is 1. The molecule has 4 heteroatoms. The molecule has 18 heavy (non-hydrogen) atoms. The van der Waals surface area contributed by atoms with Crippen molar-refractivity contribution in [2.45, 2.75) is 6.92 Å². The first kappa shape index (κ1) is 12.2. The Morgan fingerprint density at radius 2 is 2.28 bits per heavy atom. The molecule has 1 aromatic heterocycles. The normalized spacial score (nSPS) is 10.3. The lowest BCUT2D eigenvalue weighted by Crippen LogP contribution is -2.24. The van der Waals surface area contributed by atoms with Crippen molar-refractivity contribution in [3.63, 3.8) is 0 Å². The van der Waals surface area contributed by atoms with E-state index in [1.54, 1.807) is 25.1 Å². The zero-order chi connectivity index (χ0) is 13.1. The first-order valence-corrected chi connectivity index (χ1v) is 5.58. The van der Waals surface area contributed by atoms with Gasteiger partial charge in [-0.15, -0.1) is 6.58 Å². The third-order valence-corrected chi connectivity index (χ3v) is 2.62. The van der Waals surface area contributed by atoms with Gasteiger partial charge in [0.2, 0.25) is 0 Å². The Balaban J connectivity index is 2.47. The molecule has 1 amide bonds. The van der Waals surface area contributed by atoms with Gasteiger partial charge in [0.1, 0.15) is 5.82 Å². The number of rotatable bonds is 3. The molecule has 2 aromatic rings. The highest BCUT2D eigenvalue weighted by Gasteiger charge is 2.11. The summed E-state index contributed by atoms with van der Waals surface area (Å²) < 4.78 is 13.1. The van der Waals surface area contributed by atoms with E-state index in [4.69, 9.17) is 0 Å². The van der Waals surface area contributed by atoms with Crippen molar-refractivity contribution in [2.24, 2.45) is 0 Å². The van der Waals surface area contributed by atoms with Gasteiger partial charge in [0.15, 0.2) is 0 Å². The first-order valence-electron chi connectivity index (χ1n) is 5.58. The smallest absolute Gasteiger partial charge is 0.253 e. The molecule has 92 valence electrons. The zero-order valence-electron chi connectivity index (χ0n) is 10.0. The van der Waals surface area contributed by atoms with Crippen molar-refractivity contribution in [1.82, 2.24) is 10.3 Å². The lowest BCUT2D eigenvalue weighted by molar-refractivity contribution is 0.0957. The number of carbonyl (C=O) groups is 1. The summed E-state index contributed by atoms with van der Waals surface area (Å²) >= 11 is 0. The number of hydrogen-bond donors (Lipinski definition) is 1. The maximum absolute atomic E-state index is 13.1. The number of halogens is 1. The van der Waals surface area contributed by atoms with Crippen LogP contribution in [0.2, 0.25) is 0 Å². The summed E-state index contributed by atoms with van der Waals surface area (Å²) in [7, 11) is 0. The van der Waals surface area contributed by atoms with Gasteiger partial charge in [-0.1, -0.05) is 6.08 Å². The highest BCUT2D eigenvalue weighted by Crippen LogP contribution is 2.17. The first-order chi connectivity index (χ1) is 8.61. The number of carbonyl (C=O) groups excluding carboxylic acids is 1.